The van der Waals surface area contributed by atoms with E-state index in [2.05, 4.69) is 0 Å². The fraction of sp³-hybridized carbons (Fsp3) is 0.278. The molecule has 26 heavy (non-hydrogen) atoms. The molecule has 0 aliphatic rings. The van der Waals surface area contributed by atoms with Crippen molar-refractivity contribution in [3.63, 3.8) is 0 Å². The number of phenols is 2. The zero-order valence-electron chi connectivity index (χ0n) is 14.9. The Morgan fingerprint density at radius 3 is 2.00 bits per heavy atom. The van der Waals surface area contributed by atoms with Crippen molar-refractivity contribution in [2.75, 3.05) is 20.3 Å². The van der Waals surface area contributed by atoms with Gasteiger partial charge in [-0.15, -0.1) is 0 Å². The number of ether oxygens (including phenoxy) is 1. The average Bonchev–Trinajstić information content (AvgIpc) is 2.57. The van der Waals surface area contributed by atoms with Crippen LogP contribution in [0.5, 0.6) is 11.5 Å². The number of aromatic hydroxyl groups is 2. The van der Waals surface area contributed by atoms with E-state index in [4.69, 9.17) is 21.1 Å². The van der Waals surface area contributed by atoms with Crippen LogP contribution in [0.3, 0.4) is 0 Å². The Kier molecular flexibility index (Phi) is 8.66. The summed E-state index contributed by atoms with van der Waals surface area (Å²) in [5.41, 5.74) is 0.557. The van der Waals surface area contributed by atoms with Gasteiger partial charge < -0.3 is 14.9 Å². The number of halogens is 1. The fourth-order valence-electron chi connectivity index (χ4n) is 2.02. The first-order valence-electron chi connectivity index (χ1n) is 7.86. The average molecular weight is 400 g/mol. The Hall–Kier alpha value is -2.01. The van der Waals surface area contributed by atoms with E-state index in [0.717, 1.165) is 0 Å². The van der Waals surface area contributed by atoms with Gasteiger partial charge in [0.2, 0.25) is 6.65 Å². The molecule has 142 valence electrons. The second-order valence-electron chi connectivity index (χ2n) is 5.43. The third-order valence-corrected chi connectivity index (χ3v) is 5.49. The van der Waals surface area contributed by atoms with Crippen molar-refractivity contribution < 1.29 is 24.3 Å². The quantitative estimate of drug-likeness (QED) is 0.573. The molecule has 0 aliphatic heterocycles. The van der Waals surface area contributed by atoms with E-state index in [0.29, 0.717) is 11.3 Å². The molecule has 0 aromatic heterocycles. The largest absolute Gasteiger partial charge is 0.508 e. The van der Waals surface area contributed by atoms with Crippen molar-refractivity contribution in [2.45, 2.75) is 13.0 Å². The van der Waals surface area contributed by atoms with Crippen LogP contribution in [0, 0.1) is 0 Å². The summed E-state index contributed by atoms with van der Waals surface area (Å²) in [4.78, 5) is 12.0. The summed E-state index contributed by atoms with van der Waals surface area (Å²) in [6.45, 7) is 0.149. The maximum Gasteiger partial charge on any atom is 0.328 e. The number of carbonyl (C=O) groups is 1. The van der Waals surface area contributed by atoms with Crippen molar-refractivity contribution in [1.82, 2.24) is 4.67 Å². The van der Waals surface area contributed by atoms with Crippen molar-refractivity contribution >= 4 is 23.9 Å². The first-order chi connectivity index (χ1) is 12.2. The van der Waals surface area contributed by atoms with E-state index in [-0.39, 0.29) is 12.4 Å². The molecule has 2 aromatic carbocycles. The summed E-state index contributed by atoms with van der Waals surface area (Å²) in [5, 5.41) is 17.9. The van der Waals surface area contributed by atoms with Gasteiger partial charge in [-0.25, -0.2) is 9.46 Å². The molecule has 6 nitrogen and oxygen atoms in total. The third kappa shape index (κ3) is 7.08. The van der Waals surface area contributed by atoms with Crippen molar-refractivity contribution in [3.05, 3.63) is 60.2 Å². The van der Waals surface area contributed by atoms with Gasteiger partial charge in [-0.2, -0.15) is 0 Å². The van der Waals surface area contributed by atoms with E-state index in [1.54, 1.807) is 43.3 Å². The summed E-state index contributed by atoms with van der Waals surface area (Å²) < 4.78 is 18.2. The van der Waals surface area contributed by atoms with Crippen LogP contribution in [-0.4, -0.2) is 41.2 Å². The molecule has 0 saturated heterocycles. The van der Waals surface area contributed by atoms with Crippen molar-refractivity contribution in [3.8, 4) is 11.5 Å². The molecular weight excluding hydrogens is 377 g/mol. The maximum absolute atomic E-state index is 12.0. The molecule has 2 atom stereocenters. The smallest absolute Gasteiger partial charge is 0.328 e. The zero-order valence-corrected chi connectivity index (χ0v) is 16.5. The number of esters is 1. The number of carbonyl (C=O) groups excluding carboxylic acids is 1. The Morgan fingerprint density at radius 2 is 1.62 bits per heavy atom. The monoisotopic (exact) mass is 399 g/mol. The number of rotatable bonds is 5. The first-order valence-corrected chi connectivity index (χ1v) is 10.9. The Morgan fingerprint density at radius 1 is 1.12 bits per heavy atom. The van der Waals surface area contributed by atoms with Gasteiger partial charge in [-0.1, -0.05) is 30.3 Å². The van der Waals surface area contributed by atoms with Crippen LogP contribution in [-0.2, 0) is 14.1 Å². The van der Waals surface area contributed by atoms with E-state index < -0.39 is 18.7 Å². The topological polar surface area (TPSA) is 87.1 Å². The minimum absolute atomic E-state index is 0.0829. The standard InChI is InChI=1S/C12H17ClNO4P.C6H6O/c1-4-18-12(16)11(14(2)19(3,13)17)9-5-7-10(15)8-6-9;7-6-4-2-1-3-5-6/h5-8,11,15H,4H2,1-3H3;1-5,7H. The third-order valence-electron chi connectivity index (χ3n) is 3.41. The molecule has 2 N–H and O–H groups in total. The summed E-state index contributed by atoms with van der Waals surface area (Å²) >= 11 is 5.83. The number of nitrogens with zero attached hydrogens (tertiary/aromatic N) is 1. The van der Waals surface area contributed by atoms with Crippen molar-refractivity contribution in [2.24, 2.45) is 0 Å². The zero-order chi connectivity index (χ0) is 19.7. The van der Waals surface area contributed by atoms with Crippen LogP contribution in [0.1, 0.15) is 18.5 Å². The van der Waals surface area contributed by atoms with Gasteiger partial charge >= 0.3 is 5.97 Å². The second-order valence-corrected chi connectivity index (χ2v) is 9.50. The lowest BCUT2D eigenvalue weighted by Crippen LogP contribution is -2.29. The highest BCUT2D eigenvalue weighted by molar-refractivity contribution is 7.86. The maximum atomic E-state index is 12.0. The minimum Gasteiger partial charge on any atom is -0.508 e. The molecule has 0 saturated carbocycles. The number of phenolic OH excluding ortho intramolecular Hbond substituents is 2. The molecular formula is C18H23ClNO5P. The number of para-hydroxylation sites is 1. The van der Waals surface area contributed by atoms with Gasteiger partial charge in [0.05, 0.1) is 6.61 Å². The van der Waals surface area contributed by atoms with Gasteiger partial charge in [0.25, 0.3) is 0 Å². The number of benzene rings is 2. The van der Waals surface area contributed by atoms with E-state index in [1.807, 2.05) is 6.07 Å². The summed E-state index contributed by atoms with van der Waals surface area (Å²) in [6.07, 6.45) is 0. The molecule has 2 aromatic rings. The number of likely N-dealkylation sites (N-methyl/N-ethyl adjacent to an activating group) is 1. The SMILES string of the molecule is CCOC(=O)C(c1ccc(O)cc1)N(C)P(C)(=O)Cl.Oc1ccccc1. The molecule has 0 spiro atoms. The highest BCUT2D eigenvalue weighted by Gasteiger charge is 2.34. The van der Waals surface area contributed by atoms with Crippen LogP contribution in [0.15, 0.2) is 54.6 Å². The van der Waals surface area contributed by atoms with Crippen LogP contribution < -0.4 is 0 Å². The molecule has 8 heteroatoms. The molecule has 2 rings (SSSR count). The van der Waals surface area contributed by atoms with Gasteiger partial charge in [-0.3, -0.25) is 4.57 Å². The second kappa shape index (κ2) is 10.2. The Balaban J connectivity index is 0.000000401. The molecule has 0 fully saturated rings. The summed E-state index contributed by atoms with van der Waals surface area (Å²) in [6, 6.07) is 13.9. The normalized spacial score (nSPS) is 13.9. The highest BCUT2D eigenvalue weighted by atomic mass is 35.7. The van der Waals surface area contributed by atoms with Gasteiger partial charge in [0.1, 0.15) is 17.5 Å². The lowest BCUT2D eigenvalue weighted by atomic mass is 10.1. The van der Waals surface area contributed by atoms with Gasteiger partial charge in [0, 0.05) is 6.66 Å². The van der Waals surface area contributed by atoms with Crippen LogP contribution in [0.4, 0.5) is 0 Å². The fourth-order valence-corrected chi connectivity index (χ4v) is 2.92. The van der Waals surface area contributed by atoms with Crippen LogP contribution in [0.25, 0.3) is 0 Å². The van der Waals surface area contributed by atoms with Crippen molar-refractivity contribution in [1.29, 1.82) is 0 Å². The predicted octanol–water partition coefficient (Wildman–Crippen LogP) is 4.38. The molecule has 0 heterocycles. The molecule has 0 radical (unpaired) electrons. The van der Waals surface area contributed by atoms with Crippen LogP contribution >= 0.6 is 17.9 Å². The van der Waals surface area contributed by atoms with Gasteiger partial charge in [0.15, 0.2) is 0 Å². The lowest BCUT2D eigenvalue weighted by Gasteiger charge is -2.28. The van der Waals surface area contributed by atoms with E-state index in [1.165, 1.54) is 30.5 Å². The number of hydrogen-bond donors (Lipinski definition) is 2. The highest BCUT2D eigenvalue weighted by Crippen LogP contribution is 2.54. The summed E-state index contributed by atoms with van der Waals surface area (Å²) in [5.74, 6) is -0.125. The Labute approximate surface area is 158 Å². The molecule has 0 aliphatic carbocycles. The first kappa shape index (κ1) is 22.0. The minimum atomic E-state index is -3.13. The van der Waals surface area contributed by atoms with Gasteiger partial charge in [-0.05, 0) is 55.0 Å². The molecule has 0 bridgehead atoms. The summed E-state index contributed by atoms with van der Waals surface area (Å²) in [7, 11) is 1.50. The number of hydrogen-bond acceptors (Lipinski definition) is 5. The van der Waals surface area contributed by atoms with E-state index in [9.17, 15) is 14.5 Å². The van der Waals surface area contributed by atoms with E-state index >= 15 is 0 Å². The Bertz CT molecular complexity index is 733. The molecule has 0 amide bonds. The predicted molar refractivity (Wildman–Crippen MR) is 103 cm³/mol. The van der Waals surface area contributed by atoms with Crippen LogP contribution in [0.2, 0.25) is 0 Å². The lowest BCUT2D eigenvalue weighted by molar-refractivity contribution is -0.147. The molecule has 2 unspecified atom stereocenters.